The molecule has 0 saturated heterocycles. The molecule has 2 aromatic carbocycles. The third-order valence-electron chi connectivity index (χ3n) is 5.71. The molecule has 0 amide bonds. The molecule has 0 radical (unpaired) electrons. The van der Waals surface area contributed by atoms with E-state index in [9.17, 15) is 9.90 Å². The number of nitrogens with zero attached hydrogens (tertiary/aromatic N) is 3. The van der Waals surface area contributed by atoms with Gasteiger partial charge in [0.25, 0.3) is 0 Å². The molecule has 5 heteroatoms. The van der Waals surface area contributed by atoms with Gasteiger partial charge in [-0.1, -0.05) is 30.3 Å². The average Bonchev–Trinajstić information content (AvgIpc) is 3.29. The highest BCUT2D eigenvalue weighted by Gasteiger charge is 2.39. The number of aliphatic imine (C=N–C) groups is 2. The Morgan fingerprint density at radius 1 is 1.11 bits per heavy atom. The summed E-state index contributed by atoms with van der Waals surface area (Å²) in [4.78, 5) is 22.2. The predicted octanol–water partition coefficient (Wildman–Crippen LogP) is 3.47. The van der Waals surface area contributed by atoms with Gasteiger partial charge < -0.3 is 10.0 Å². The smallest absolute Gasteiger partial charge is 0.239 e. The second-order valence-corrected chi connectivity index (χ2v) is 7.25. The second-order valence-electron chi connectivity index (χ2n) is 7.25. The largest absolute Gasteiger partial charge is 0.508 e. The van der Waals surface area contributed by atoms with E-state index < -0.39 is 0 Å². The van der Waals surface area contributed by atoms with E-state index in [0.717, 1.165) is 42.8 Å². The summed E-state index contributed by atoms with van der Waals surface area (Å²) in [6.07, 6.45) is 2.89. The van der Waals surface area contributed by atoms with Gasteiger partial charge in [-0.2, -0.15) is 0 Å². The first-order valence-electron chi connectivity index (χ1n) is 9.30. The van der Waals surface area contributed by atoms with Gasteiger partial charge in [-0.3, -0.25) is 0 Å². The first-order chi connectivity index (χ1) is 13.2. The quantitative estimate of drug-likeness (QED) is 0.837. The fourth-order valence-corrected chi connectivity index (χ4v) is 4.55. The molecule has 5 nitrogen and oxygen atoms in total. The van der Waals surface area contributed by atoms with Crippen molar-refractivity contribution < 1.29 is 9.90 Å². The van der Waals surface area contributed by atoms with Gasteiger partial charge >= 0.3 is 0 Å². The first-order valence-corrected chi connectivity index (χ1v) is 9.30. The van der Waals surface area contributed by atoms with E-state index in [1.54, 1.807) is 6.07 Å². The van der Waals surface area contributed by atoms with Gasteiger partial charge in [0.15, 0.2) is 5.94 Å². The molecule has 5 rings (SSSR count). The van der Waals surface area contributed by atoms with Crippen LogP contribution in [0.3, 0.4) is 0 Å². The number of benzene rings is 2. The number of hydrogen-bond acceptors (Lipinski definition) is 5. The third-order valence-corrected chi connectivity index (χ3v) is 5.71. The lowest BCUT2D eigenvalue weighted by molar-refractivity contribution is 0.474. The highest BCUT2D eigenvalue weighted by atomic mass is 16.3. The molecule has 134 valence electrons. The van der Waals surface area contributed by atoms with Crippen LogP contribution in [0.25, 0.3) is 0 Å². The van der Waals surface area contributed by atoms with Crippen molar-refractivity contribution in [2.75, 3.05) is 11.4 Å². The van der Waals surface area contributed by atoms with Crippen LogP contribution in [0.15, 0.2) is 64.3 Å². The molecule has 3 aliphatic rings. The maximum Gasteiger partial charge on any atom is 0.239 e. The Balaban J connectivity index is 1.56. The second kappa shape index (κ2) is 6.22. The molecule has 1 fully saturated rings. The van der Waals surface area contributed by atoms with E-state index in [1.165, 1.54) is 11.3 Å². The van der Waals surface area contributed by atoms with Crippen LogP contribution in [0.5, 0.6) is 5.75 Å². The molecule has 27 heavy (non-hydrogen) atoms. The molecular formula is C22H19N3O2. The molecule has 2 unspecified atom stereocenters. The van der Waals surface area contributed by atoms with Crippen molar-refractivity contribution in [2.24, 2.45) is 9.98 Å². The molecule has 0 aromatic heterocycles. The minimum absolute atomic E-state index is 0.117. The Morgan fingerprint density at radius 2 is 2.00 bits per heavy atom. The number of phenolic OH excluding ortho intramolecular Hbond substituents is 1. The molecule has 2 aliphatic heterocycles. The number of phenols is 1. The van der Waals surface area contributed by atoms with Crippen molar-refractivity contribution in [1.29, 1.82) is 0 Å². The van der Waals surface area contributed by atoms with Crippen molar-refractivity contribution in [3.8, 4) is 5.75 Å². The monoisotopic (exact) mass is 357 g/mol. The van der Waals surface area contributed by atoms with Gasteiger partial charge in [-0.25, -0.2) is 14.8 Å². The number of rotatable bonds is 2. The highest BCUT2D eigenvalue weighted by Crippen LogP contribution is 2.43. The summed E-state index contributed by atoms with van der Waals surface area (Å²) >= 11 is 0. The van der Waals surface area contributed by atoms with Crippen LogP contribution in [-0.4, -0.2) is 35.1 Å². The summed E-state index contributed by atoms with van der Waals surface area (Å²) in [5.74, 6) is 2.49. The molecule has 0 spiro atoms. The van der Waals surface area contributed by atoms with Crippen LogP contribution in [0.2, 0.25) is 0 Å². The summed E-state index contributed by atoms with van der Waals surface area (Å²) in [5.41, 5.74) is 5.42. The molecule has 2 heterocycles. The molecule has 2 atom stereocenters. The van der Waals surface area contributed by atoms with E-state index in [2.05, 4.69) is 45.2 Å². The van der Waals surface area contributed by atoms with Crippen molar-refractivity contribution in [3.63, 3.8) is 0 Å². The fourth-order valence-electron chi connectivity index (χ4n) is 4.55. The topological polar surface area (TPSA) is 65.3 Å². The van der Waals surface area contributed by atoms with E-state index in [4.69, 9.17) is 0 Å². The third kappa shape index (κ3) is 2.59. The minimum Gasteiger partial charge on any atom is -0.508 e. The van der Waals surface area contributed by atoms with Gasteiger partial charge in [-0.15, -0.1) is 0 Å². The molecular weight excluding hydrogens is 338 g/mol. The Hall–Kier alpha value is -3.17. The van der Waals surface area contributed by atoms with Crippen LogP contribution in [0.4, 0.5) is 5.69 Å². The molecule has 1 aliphatic carbocycles. The van der Waals surface area contributed by atoms with Gasteiger partial charge in [-0.05, 0) is 48.6 Å². The summed E-state index contributed by atoms with van der Waals surface area (Å²) in [6, 6.07) is 16.1. The van der Waals surface area contributed by atoms with E-state index in [-0.39, 0.29) is 23.5 Å². The molecule has 0 bridgehead atoms. The zero-order valence-corrected chi connectivity index (χ0v) is 14.8. The van der Waals surface area contributed by atoms with E-state index in [1.807, 2.05) is 18.1 Å². The number of anilines is 1. The number of aromatic hydroxyl groups is 1. The van der Waals surface area contributed by atoms with Gasteiger partial charge in [0.2, 0.25) is 5.82 Å². The van der Waals surface area contributed by atoms with Crippen molar-refractivity contribution in [3.05, 3.63) is 65.5 Å². The minimum atomic E-state index is 0.117. The molecule has 1 N–H and O–H groups in total. The van der Waals surface area contributed by atoms with Crippen molar-refractivity contribution in [1.82, 2.24) is 0 Å². The molecule has 2 aromatic rings. The first kappa shape index (κ1) is 16.0. The summed E-state index contributed by atoms with van der Waals surface area (Å²) in [5, 5.41) is 9.93. The highest BCUT2D eigenvalue weighted by molar-refractivity contribution is 6.47. The lowest BCUT2D eigenvalue weighted by Gasteiger charge is -2.34. The average molecular weight is 357 g/mol. The van der Waals surface area contributed by atoms with Crippen molar-refractivity contribution >= 4 is 23.1 Å². The number of hydrogen-bond donors (Lipinski definition) is 1. The summed E-state index contributed by atoms with van der Waals surface area (Å²) < 4.78 is 0. The summed E-state index contributed by atoms with van der Waals surface area (Å²) in [6.45, 7) is 0.819. The van der Waals surface area contributed by atoms with Crippen LogP contribution >= 0.6 is 0 Å². The van der Waals surface area contributed by atoms with Gasteiger partial charge in [0.05, 0.1) is 17.5 Å². The zero-order chi connectivity index (χ0) is 18.4. The van der Waals surface area contributed by atoms with Crippen LogP contribution in [0, 0.1) is 0 Å². The van der Waals surface area contributed by atoms with Gasteiger partial charge in [0.1, 0.15) is 5.75 Å². The van der Waals surface area contributed by atoms with Crippen LogP contribution in [0.1, 0.15) is 36.3 Å². The van der Waals surface area contributed by atoms with Crippen molar-refractivity contribution in [2.45, 2.75) is 31.2 Å². The van der Waals surface area contributed by atoms with Crippen LogP contribution in [-0.2, 0) is 4.79 Å². The normalized spacial score (nSPS) is 23.4. The SMILES string of the molecule is O=C=C1N=C2CCCC(N3CC(c4cccc(O)c4)c4ccccc43)C2=N1. The predicted molar refractivity (Wildman–Crippen MR) is 105 cm³/mol. The summed E-state index contributed by atoms with van der Waals surface area (Å²) in [7, 11) is 0. The maximum atomic E-state index is 11.0. The fraction of sp³-hybridized carbons (Fsp3) is 0.273. The van der Waals surface area contributed by atoms with E-state index in [0.29, 0.717) is 0 Å². The zero-order valence-electron chi connectivity index (χ0n) is 14.8. The number of para-hydroxylation sites is 1. The van der Waals surface area contributed by atoms with E-state index >= 15 is 0 Å². The lowest BCUT2D eigenvalue weighted by Crippen LogP contribution is -2.45. The number of carbonyl (C=O) groups excluding carboxylic acids is 1. The Labute approximate surface area is 157 Å². The van der Waals surface area contributed by atoms with Gasteiger partial charge in [0, 0.05) is 18.2 Å². The Morgan fingerprint density at radius 3 is 2.85 bits per heavy atom. The van der Waals surface area contributed by atoms with Crippen LogP contribution < -0.4 is 4.90 Å². The Kier molecular flexibility index (Phi) is 3.69. The standard InChI is InChI=1S/C22H19N3O2/c26-13-21-23-18-8-4-10-20(22(18)24-21)25-12-17(14-5-3-6-15(27)11-14)16-7-1-2-9-19(16)25/h1-3,5-7,9,11,17,20,27H,4,8,10,12H2. The number of fused-ring (bicyclic) bond motifs is 2. The Bertz CT molecular complexity index is 1030. The maximum absolute atomic E-state index is 11.0. The lowest BCUT2D eigenvalue weighted by atomic mass is 9.90. The molecule has 1 saturated carbocycles.